The largest absolute Gasteiger partial charge is 0.497 e. The molecule has 6 nitrogen and oxygen atoms in total. The van der Waals surface area contributed by atoms with Crippen LogP contribution >= 0.6 is 11.6 Å². The molecule has 134 valence electrons. The van der Waals surface area contributed by atoms with E-state index >= 15 is 0 Å². The maximum absolute atomic E-state index is 12.3. The summed E-state index contributed by atoms with van der Waals surface area (Å²) in [6, 6.07) is 11.5. The van der Waals surface area contributed by atoms with E-state index in [2.05, 4.69) is 10.0 Å². The molecule has 0 saturated heterocycles. The number of nitrogens with one attached hydrogen (secondary N) is 2. The van der Waals surface area contributed by atoms with Crippen molar-refractivity contribution in [3.63, 3.8) is 0 Å². The van der Waals surface area contributed by atoms with Gasteiger partial charge in [0, 0.05) is 6.54 Å². The Hall–Kier alpha value is -2.09. The van der Waals surface area contributed by atoms with Gasteiger partial charge in [-0.3, -0.25) is 4.79 Å². The van der Waals surface area contributed by atoms with Crippen LogP contribution in [0.15, 0.2) is 47.4 Å². The average Bonchev–Trinajstić information content (AvgIpc) is 2.62. The standard InChI is InChI=1S/C17H19ClN2O4S/c1-19-25(22,23)14-7-8-16(18)15(11-14)17(21)20-10-9-12-3-5-13(24-2)6-4-12/h3-8,11,19H,9-10H2,1-2H3,(H,20,21). The lowest BCUT2D eigenvalue weighted by molar-refractivity contribution is 0.0954. The normalized spacial score (nSPS) is 11.2. The van der Waals surface area contributed by atoms with Gasteiger partial charge in [0.1, 0.15) is 5.75 Å². The first-order valence-electron chi connectivity index (χ1n) is 7.51. The summed E-state index contributed by atoms with van der Waals surface area (Å²) in [6.07, 6.45) is 0.627. The van der Waals surface area contributed by atoms with E-state index in [-0.39, 0.29) is 15.5 Å². The van der Waals surface area contributed by atoms with Gasteiger partial charge in [-0.2, -0.15) is 0 Å². The molecule has 25 heavy (non-hydrogen) atoms. The van der Waals surface area contributed by atoms with Crippen molar-refractivity contribution in [3.8, 4) is 5.75 Å². The van der Waals surface area contributed by atoms with Crippen molar-refractivity contribution in [2.75, 3.05) is 20.7 Å². The molecule has 2 rings (SSSR count). The molecule has 2 aromatic carbocycles. The fourth-order valence-corrected chi connectivity index (χ4v) is 3.13. The van der Waals surface area contributed by atoms with Crippen LogP contribution in [-0.4, -0.2) is 35.0 Å². The Morgan fingerprint density at radius 3 is 2.44 bits per heavy atom. The summed E-state index contributed by atoms with van der Waals surface area (Å²) in [5, 5.41) is 2.94. The van der Waals surface area contributed by atoms with Crippen LogP contribution in [0.25, 0.3) is 0 Å². The van der Waals surface area contributed by atoms with E-state index in [0.29, 0.717) is 13.0 Å². The van der Waals surface area contributed by atoms with Crippen LogP contribution < -0.4 is 14.8 Å². The third kappa shape index (κ3) is 4.94. The van der Waals surface area contributed by atoms with Gasteiger partial charge < -0.3 is 10.1 Å². The summed E-state index contributed by atoms with van der Waals surface area (Å²) in [7, 11) is -0.739. The number of hydrogen-bond donors (Lipinski definition) is 2. The quantitative estimate of drug-likeness (QED) is 0.769. The van der Waals surface area contributed by atoms with E-state index in [9.17, 15) is 13.2 Å². The summed E-state index contributed by atoms with van der Waals surface area (Å²) in [5.41, 5.74) is 1.16. The van der Waals surface area contributed by atoms with Gasteiger partial charge in [-0.15, -0.1) is 0 Å². The highest BCUT2D eigenvalue weighted by molar-refractivity contribution is 7.89. The Bertz CT molecular complexity index is 851. The summed E-state index contributed by atoms with van der Waals surface area (Å²) in [4.78, 5) is 12.3. The van der Waals surface area contributed by atoms with Gasteiger partial charge in [0.05, 0.1) is 22.6 Å². The Kier molecular flexibility index (Phi) is 6.41. The molecule has 0 bridgehead atoms. The molecule has 0 heterocycles. The van der Waals surface area contributed by atoms with Crippen LogP contribution in [-0.2, 0) is 16.4 Å². The molecule has 0 unspecified atom stereocenters. The van der Waals surface area contributed by atoms with Gasteiger partial charge in [-0.25, -0.2) is 13.1 Å². The second-order valence-electron chi connectivity index (χ2n) is 5.20. The number of amides is 1. The summed E-state index contributed by atoms with van der Waals surface area (Å²) in [6.45, 7) is 0.393. The minimum Gasteiger partial charge on any atom is -0.497 e. The van der Waals surface area contributed by atoms with Crippen molar-refractivity contribution in [3.05, 3.63) is 58.6 Å². The van der Waals surface area contributed by atoms with Gasteiger partial charge in [-0.05, 0) is 49.4 Å². The lowest BCUT2D eigenvalue weighted by Crippen LogP contribution is -2.26. The van der Waals surface area contributed by atoms with E-state index in [4.69, 9.17) is 16.3 Å². The Labute approximate surface area is 152 Å². The Balaban J connectivity index is 2.03. The molecule has 0 fully saturated rings. The predicted molar refractivity (Wildman–Crippen MR) is 96.7 cm³/mol. The average molecular weight is 383 g/mol. The lowest BCUT2D eigenvalue weighted by atomic mass is 10.1. The maximum atomic E-state index is 12.3. The number of carbonyl (C=O) groups excluding carboxylic acids is 1. The first-order chi connectivity index (χ1) is 11.9. The monoisotopic (exact) mass is 382 g/mol. The molecule has 0 spiro atoms. The Morgan fingerprint density at radius 2 is 1.84 bits per heavy atom. The Morgan fingerprint density at radius 1 is 1.16 bits per heavy atom. The number of halogens is 1. The van der Waals surface area contributed by atoms with Crippen LogP contribution in [0.5, 0.6) is 5.75 Å². The van der Waals surface area contributed by atoms with Crippen molar-refractivity contribution in [2.24, 2.45) is 0 Å². The second-order valence-corrected chi connectivity index (χ2v) is 7.50. The maximum Gasteiger partial charge on any atom is 0.252 e. The van der Waals surface area contributed by atoms with E-state index in [1.165, 1.54) is 25.2 Å². The van der Waals surface area contributed by atoms with Crippen LogP contribution in [0.3, 0.4) is 0 Å². The first-order valence-corrected chi connectivity index (χ1v) is 9.37. The van der Waals surface area contributed by atoms with Crippen molar-refractivity contribution < 1.29 is 17.9 Å². The van der Waals surface area contributed by atoms with Gasteiger partial charge in [0.15, 0.2) is 0 Å². The van der Waals surface area contributed by atoms with Crippen molar-refractivity contribution >= 4 is 27.5 Å². The van der Waals surface area contributed by atoms with Gasteiger partial charge >= 0.3 is 0 Å². The molecular weight excluding hydrogens is 364 g/mol. The SMILES string of the molecule is CNS(=O)(=O)c1ccc(Cl)c(C(=O)NCCc2ccc(OC)cc2)c1. The fraction of sp³-hybridized carbons (Fsp3) is 0.235. The smallest absolute Gasteiger partial charge is 0.252 e. The van der Waals surface area contributed by atoms with Gasteiger partial charge in [0.2, 0.25) is 10.0 Å². The molecule has 0 aromatic heterocycles. The fourth-order valence-electron chi connectivity index (χ4n) is 2.17. The van der Waals surface area contributed by atoms with Crippen LogP contribution in [0.2, 0.25) is 5.02 Å². The molecule has 0 aliphatic carbocycles. The van der Waals surface area contributed by atoms with Gasteiger partial charge in [0.25, 0.3) is 5.91 Å². The minimum atomic E-state index is -3.64. The summed E-state index contributed by atoms with van der Waals surface area (Å²) in [5.74, 6) is 0.341. The highest BCUT2D eigenvalue weighted by Gasteiger charge is 2.17. The summed E-state index contributed by atoms with van der Waals surface area (Å²) < 4.78 is 31.0. The van der Waals surface area contributed by atoms with Crippen molar-refractivity contribution in [1.29, 1.82) is 0 Å². The van der Waals surface area contributed by atoms with Gasteiger partial charge in [-0.1, -0.05) is 23.7 Å². The molecule has 2 aromatic rings. The zero-order chi connectivity index (χ0) is 18.4. The summed E-state index contributed by atoms with van der Waals surface area (Å²) >= 11 is 6.02. The number of carbonyl (C=O) groups is 1. The minimum absolute atomic E-state index is 0.0142. The molecule has 8 heteroatoms. The molecular formula is C17H19ClN2O4S. The topological polar surface area (TPSA) is 84.5 Å². The van der Waals surface area contributed by atoms with E-state index in [1.807, 2.05) is 24.3 Å². The highest BCUT2D eigenvalue weighted by Crippen LogP contribution is 2.20. The third-order valence-corrected chi connectivity index (χ3v) is 5.36. The number of rotatable bonds is 7. The third-order valence-electron chi connectivity index (χ3n) is 3.62. The molecule has 0 radical (unpaired) electrons. The number of hydrogen-bond acceptors (Lipinski definition) is 4. The molecule has 0 aliphatic rings. The zero-order valence-electron chi connectivity index (χ0n) is 13.9. The number of benzene rings is 2. The molecule has 0 atom stereocenters. The van der Waals surface area contributed by atoms with Crippen LogP contribution in [0, 0.1) is 0 Å². The van der Waals surface area contributed by atoms with E-state index < -0.39 is 15.9 Å². The van der Waals surface area contributed by atoms with Crippen LogP contribution in [0.4, 0.5) is 0 Å². The van der Waals surface area contributed by atoms with E-state index in [0.717, 1.165) is 11.3 Å². The van der Waals surface area contributed by atoms with Crippen molar-refractivity contribution in [2.45, 2.75) is 11.3 Å². The molecule has 0 aliphatic heterocycles. The predicted octanol–water partition coefficient (Wildman–Crippen LogP) is 2.23. The highest BCUT2D eigenvalue weighted by atomic mass is 35.5. The number of sulfonamides is 1. The number of methoxy groups -OCH3 is 1. The second kappa shape index (κ2) is 8.33. The van der Waals surface area contributed by atoms with Crippen molar-refractivity contribution in [1.82, 2.24) is 10.0 Å². The lowest BCUT2D eigenvalue weighted by Gasteiger charge is -2.09. The number of ether oxygens (including phenoxy) is 1. The molecule has 2 N–H and O–H groups in total. The van der Waals surface area contributed by atoms with Crippen LogP contribution in [0.1, 0.15) is 15.9 Å². The van der Waals surface area contributed by atoms with E-state index in [1.54, 1.807) is 7.11 Å². The molecule has 1 amide bonds. The zero-order valence-corrected chi connectivity index (χ0v) is 15.4. The molecule has 0 saturated carbocycles. The first kappa shape index (κ1) is 19.2.